The predicted octanol–water partition coefficient (Wildman–Crippen LogP) is 0.235. The van der Waals surface area contributed by atoms with Crippen LogP contribution in [0.25, 0.3) is 0 Å². The van der Waals surface area contributed by atoms with Crippen LogP contribution in [0.2, 0.25) is 0 Å². The molecule has 0 spiro atoms. The third kappa shape index (κ3) is 3.26. The summed E-state index contributed by atoms with van der Waals surface area (Å²) in [5, 5.41) is 12.3. The molecule has 0 radical (unpaired) electrons. The maximum atomic E-state index is 13.0. The molecule has 0 aromatic heterocycles. The quantitative estimate of drug-likeness (QED) is 0.837. The van der Waals surface area contributed by atoms with E-state index in [4.69, 9.17) is 10.00 Å². The van der Waals surface area contributed by atoms with Crippen molar-refractivity contribution < 1.29 is 13.2 Å². The van der Waals surface area contributed by atoms with Gasteiger partial charge in [0.1, 0.15) is 10.6 Å². The zero-order valence-corrected chi connectivity index (χ0v) is 14.6. The Kier molecular flexibility index (Phi) is 5.06. The summed E-state index contributed by atoms with van der Waals surface area (Å²) < 4.78 is 32.7. The summed E-state index contributed by atoms with van der Waals surface area (Å²) in [6.45, 7) is 4.84. The molecule has 2 aliphatic rings. The summed E-state index contributed by atoms with van der Waals surface area (Å²) in [5.41, 5.74) is 0.380. The number of nitrogens with zero attached hydrogens (tertiary/aromatic N) is 3. The lowest BCUT2D eigenvalue weighted by Gasteiger charge is -2.32. The zero-order chi connectivity index (χ0) is 17.2. The van der Waals surface area contributed by atoms with Crippen molar-refractivity contribution >= 4 is 10.0 Å². The van der Waals surface area contributed by atoms with Crippen LogP contribution in [0.15, 0.2) is 23.1 Å². The Morgan fingerprint density at radius 1 is 1.29 bits per heavy atom. The first-order valence-corrected chi connectivity index (χ1v) is 9.53. The molecule has 1 N–H and O–H groups in total. The van der Waals surface area contributed by atoms with Gasteiger partial charge in [-0.25, -0.2) is 8.42 Å². The largest absolute Gasteiger partial charge is 0.495 e. The fraction of sp³-hybridized carbons (Fsp3) is 0.562. The number of sulfonamides is 1. The Morgan fingerprint density at radius 3 is 2.71 bits per heavy atom. The summed E-state index contributed by atoms with van der Waals surface area (Å²) in [6.07, 6.45) is 0.845. The molecule has 130 valence electrons. The number of benzene rings is 1. The van der Waals surface area contributed by atoms with E-state index in [1.54, 1.807) is 0 Å². The first-order chi connectivity index (χ1) is 11.6. The van der Waals surface area contributed by atoms with Crippen molar-refractivity contribution in [1.29, 1.82) is 5.26 Å². The molecule has 1 atom stereocenters. The molecule has 2 aliphatic heterocycles. The molecule has 2 saturated heterocycles. The summed E-state index contributed by atoms with van der Waals surface area (Å²) in [7, 11) is -2.20. The Hall–Kier alpha value is -1.66. The van der Waals surface area contributed by atoms with E-state index in [0.717, 1.165) is 32.6 Å². The van der Waals surface area contributed by atoms with E-state index in [1.165, 1.54) is 29.6 Å². The highest BCUT2D eigenvalue weighted by molar-refractivity contribution is 7.89. The molecule has 0 aliphatic carbocycles. The Bertz CT molecular complexity index is 738. The molecule has 0 bridgehead atoms. The van der Waals surface area contributed by atoms with E-state index in [9.17, 15) is 8.42 Å². The van der Waals surface area contributed by atoms with Gasteiger partial charge in [0.2, 0.25) is 10.0 Å². The Labute approximate surface area is 142 Å². The normalized spacial score (nSPS) is 23.1. The minimum Gasteiger partial charge on any atom is -0.495 e. The van der Waals surface area contributed by atoms with E-state index in [-0.39, 0.29) is 16.7 Å². The lowest BCUT2D eigenvalue weighted by molar-refractivity contribution is 0.179. The van der Waals surface area contributed by atoms with Crippen LogP contribution in [0.1, 0.15) is 12.0 Å². The van der Waals surface area contributed by atoms with Crippen LogP contribution in [-0.4, -0.2) is 70.0 Å². The van der Waals surface area contributed by atoms with Crippen LogP contribution in [0.3, 0.4) is 0 Å². The van der Waals surface area contributed by atoms with Gasteiger partial charge < -0.3 is 10.1 Å². The highest BCUT2D eigenvalue weighted by Gasteiger charge is 2.36. The predicted molar refractivity (Wildman–Crippen MR) is 89.3 cm³/mol. The number of rotatable bonds is 4. The number of nitriles is 1. The highest BCUT2D eigenvalue weighted by atomic mass is 32.2. The summed E-state index contributed by atoms with van der Waals surface area (Å²) in [5.74, 6) is 0.222. The molecule has 2 fully saturated rings. The van der Waals surface area contributed by atoms with Gasteiger partial charge in [-0.2, -0.15) is 9.57 Å². The lowest BCUT2D eigenvalue weighted by Crippen LogP contribution is -2.49. The second-order valence-electron chi connectivity index (χ2n) is 6.07. The van der Waals surface area contributed by atoms with Crippen LogP contribution < -0.4 is 10.1 Å². The van der Waals surface area contributed by atoms with Crippen molar-refractivity contribution in [3.63, 3.8) is 0 Å². The maximum Gasteiger partial charge on any atom is 0.246 e. The number of hydrogen-bond donors (Lipinski definition) is 1. The minimum absolute atomic E-state index is 0.130. The number of methoxy groups -OCH3 is 1. The molecule has 0 amide bonds. The second kappa shape index (κ2) is 7.07. The molecule has 1 aromatic carbocycles. The van der Waals surface area contributed by atoms with Crippen LogP contribution in [0.4, 0.5) is 0 Å². The van der Waals surface area contributed by atoms with E-state index < -0.39 is 10.0 Å². The van der Waals surface area contributed by atoms with Crippen molar-refractivity contribution in [3.05, 3.63) is 23.8 Å². The van der Waals surface area contributed by atoms with Crippen LogP contribution in [0.5, 0.6) is 5.75 Å². The van der Waals surface area contributed by atoms with Gasteiger partial charge in [0.05, 0.1) is 18.7 Å². The fourth-order valence-electron chi connectivity index (χ4n) is 3.36. The molecule has 3 rings (SSSR count). The second-order valence-corrected chi connectivity index (χ2v) is 7.98. The monoisotopic (exact) mass is 350 g/mol. The third-order valence-corrected chi connectivity index (χ3v) is 6.61. The molecule has 0 saturated carbocycles. The molecular weight excluding hydrogens is 328 g/mol. The SMILES string of the molecule is COc1cc(C#N)ccc1S(=O)(=O)N1CCC(N2CCNCC2)C1. The molecule has 1 unspecified atom stereocenters. The fourth-order valence-corrected chi connectivity index (χ4v) is 4.99. The van der Waals surface area contributed by atoms with E-state index in [1.807, 2.05) is 6.07 Å². The summed E-state index contributed by atoms with van der Waals surface area (Å²) in [4.78, 5) is 2.49. The Balaban J connectivity index is 1.80. The van der Waals surface area contributed by atoms with Crippen LogP contribution >= 0.6 is 0 Å². The number of ether oxygens (including phenoxy) is 1. The van der Waals surface area contributed by atoms with Crippen molar-refractivity contribution in [2.75, 3.05) is 46.4 Å². The van der Waals surface area contributed by atoms with Gasteiger partial charge in [-0.3, -0.25) is 4.90 Å². The zero-order valence-electron chi connectivity index (χ0n) is 13.7. The topological polar surface area (TPSA) is 85.7 Å². The van der Waals surface area contributed by atoms with Crippen molar-refractivity contribution in [2.24, 2.45) is 0 Å². The maximum absolute atomic E-state index is 13.0. The molecule has 7 nitrogen and oxygen atoms in total. The Morgan fingerprint density at radius 2 is 2.04 bits per heavy atom. The van der Waals surface area contributed by atoms with Gasteiger partial charge in [-0.05, 0) is 24.6 Å². The minimum atomic E-state index is -3.62. The van der Waals surface area contributed by atoms with E-state index in [0.29, 0.717) is 18.7 Å². The van der Waals surface area contributed by atoms with Gasteiger partial charge in [-0.15, -0.1) is 0 Å². The number of nitrogens with one attached hydrogen (secondary N) is 1. The number of piperazine rings is 1. The molecule has 8 heteroatoms. The summed E-state index contributed by atoms with van der Waals surface area (Å²) >= 11 is 0. The van der Waals surface area contributed by atoms with Gasteiger partial charge in [-0.1, -0.05) is 0 Å². The highest BCUT2D eigenvalue weighted by Crippen LogP contribution is 2.30. The standard InChI is InChI=1S/C16H22N4O3S/c1-23-15-10-13(11-17)2-3-16(15)24(21,22)20-7-4-14(12-20)19-8-5-18-6-9-19/h2-3,10,14,18H,4-9,12H2,1H3. The third-order valence-electron chi connectivity index (χ3n) is 4.70. The molecule has 1 aromatic rings. The van der Waals surface area contributed by atoms with E-state index >= 15 is 0 Å². The van der Waals surface area contributed by atoms with Crippen molar-refractivity contribution in [1.82, 2.24) is 14.5 Å². The molecule has 2 heterocycles. The van der Waals surface area contributed by atoms with Gasteiger partial charge in [0.25, 0.3) is 0 Å². The molecule has 24 heavy (non-hydrogen) atoms. The average molecular weight is 350 g/mol. The smallest absolute Gasteiger partial charge is 0.246 e. The summed E-state index contributed by atoms with van der Waals surface area (Å²) in [6, 6.07) is 6.71. The van der Waals surface area contributed by atoms with Gasteiger partial charge in [0, 0.05) is 45.3 Å². The van der Waals surface area contributed by atoms with Gasteiger partial charge in [0.15, 0.2) is 0 Å². The van der Waals surface area contributed by atoms with Crippen molar-refractivity contribution in [2.45, 2.75) is 17.4 Å². The first-order valence-electron chi connectivity index (χ1n) is 8.09. The van der Waals surface area contributed by atoms with Crippen molar-refractivity contribution in [3.8, 4) is 11.8 Å². The van der Waals surface area contributed by atoms with Crippen LogP contribution in [-0.2, 0) is 10.0 Å². The number of hydrogen-bond acceptors (Lipinski definition) is 6. The van der Waals surface area contributed by atoms with E-state index in [2.05, 4.69) is 10.2 Å². The lowest BCUT2D eigenvalue weighted by atomic mass is 10.2. The van der Waals surface area contributed by atoms with Gasteiger partial charge >= 0.3 is 0 Å². The average Bonchev–Trinajstić information content (AvgIpc) is 3.13. The van der Waals surface area contributed by atoms with Crippen LogP contribution in [0, 0.1) is 11.3 Å². The first kappa shape index (κ1) is 17.2. The molecular formula is C16H22N4O3S.